The van der Waals surface area contributed by atoms with Crippen LogP contribution in [0.25, 0.3) is 0 Å². The van der Waals surface area contributed by atoms with E-state index in [1.165, 1.54) is 31.3 Å². The van der Waals surface area contributed by atoms with Crippen LogP contribution in [0.15, 0.2) is 35.5 Å². The van der Waals surface area contributed by atoms with E-state index in [2.05, 4.69) is 46.4 Å². The molecule has 0 N–H and O–H groups in total. The summed E-state index contributed by atoms with van der Waals surface area (Å²) in [5.74, 6) is 2.35. The molecule has 2 heteroatoms. The molecule has 3 saturated carbocycles. The molecule has 0 amide bonds. The van der Waals surface area contributed by atoms with Crippen LogP contribution in [-0.2, 0) is 0 Å². The molecule has 0 radical (unpaired) electrons. The number of allylic oxidation sites excluding steroid dienone is 5. The molecule has 3 aliphatic rings. The molecule has 0 heterocycles. The van der Waals surface area contributed by atoms with Crippen molar-refractivity contribution in [2.24, 2.45) is 35.0 Å². The van der Waals surface area contributed by atoms with E-state index in [1.807, 2.05) is 0 Å². The van der Waals surface area contributed by atoms with E-state index in [0.717, 1.165) is 19.3 Å². The summed E-state index contributed by atoms with van der Waals surface area (Å²) in [7, 11) is 0. The Bertz CT molecular complexity index is 598. The minimum Gasteiger partial charge on any atom is -0.211 e. The van der Waals surface area contributed by atoms with Crippen molar-refractivity contribution < 1.29 is 8.78 Å². The highest BCUT2D eigenvalue weighted by Crippen LogP contribution is 2.60. The lowest BCUT2D eigenvalue weighted by Gasteiger charge is -2.44. The first-order valence-electron chi connectivity index (χ1n) is 11.1. The van der Waals surface area contributed by atoms with Gasteiger partial charge in [0.15, 0.2) is 0 Å². The lowest BCUT2D eigenvalue weighted by molar-refractivity contribution is 0.0523. The van der Waals surface area contributed by atoms with Crippen LogP contribution in [0.3, 0.4) is 0 Å². The maximum Gasteiger partial charge on any atom is 0.238 e. The molecule has 27 heavy (non-hydrogen) atoms. The van der Waals surface area contributed by atoms with Crippen molar-refractivity contribution in [3.8, 4) is 0 Å². The summed E-state index contributed by atoms with van der Waals surface area (Å²) in [4.78, 5) is 0. The second-order valence-electron chi connectivity index (χ2n) is 10.1. The largest absolute Gasteiger partial charge is 0.238 e. The number of hydrogen-bond acceptors (Lipinski definition) is 0. The minimum absolute atomic E-state index is 0.0652. The van der Waals surface area contributed by atoms with Gasteiger partial charge in [-0.1, -0.05) is 63.1 Å². The van der Waals surface area contributed by atoms with Crippen molar-refractivity contribution in [2.75, 3.05) is 0 Å². The molecule has 3 aliphatic carbocycles. The Kier molecular flexibility index (Phi) is 6.33. The molecular formula is C25H38F2. The normalized spacial score (nSPS) is 39.7. The van der Waals surface area contributed by atoms with Gasteiger partial charge in [0, 0.05) is 6.42 Å². The van der Waals surface area contributed by atoms with E-state index < -0.39 is 6.43 Å². The number of alkyl halides is 2. The molecule has 0 aliphatic heterocycles. The fourth-order valence-corrected chi connectivity index (χ4v) is 6.64. The molecule has 0 aromatic heterocycles. The van der Waals surface area contributed by atoms with Crippen LogP contribution in [0.2, 0.25) is 0 Å². The van der Waals surface area contributed by atoms with Gasteiger partial charge in [0.2, 0.25) is 6.43 Å². The van der Waals surface area contributed by atoms with Gasteiger partial charge in [-0.05, 0) is 80.0 Å². The van der Waals surface area contributed by atoms with E-state index in [0.29, 0.717) is 23.7 Å². The van der Waals surface area contributed by atoms with Gasteiger partial charge in [0.1, 0.15) is 0 Å². The predicted molar refractivity (Wildman–Crippen MR) is 111 cm³/mol. The van der Waals surface area contributed by atoms with E-state index in [1.54, 1.807) is 11.1 Å². The highest BCUT2D eigenvalue weighted by Gasteiger charge is 2.50. The van der Waals surface area contributed by atoms with Crippen LogP contribution >= 0.6 is 0 Å². The Hall–Kier alpha value is -0.920. The van der Waals surface area contributed by atoms with Gasteiger partial charge >= 0.3 is 0 Å². The van der Waals surface area contributed by atoms with Gasteiger partial charge in [0.05, 0.1) is 0 Å². The smallest absolute Gasteiger partial charge is 0.211 e. The van der Waals surface area contributed by atoms with Gasteiger partial charge in [0.25, 0.3) is 0 Å². The molecule has 0 spiro atoms. The first-order chi connectivity index (χ1) is 12.7. The average molecular weight is 377 g/mol. The van der Waals surface area contributed by atoms with Crippen molar-refractivity contribution in [3.63, 3.8) is 0 Å². The summed E-state index contributed by atoms with van der Waals surface area (Å²) in [6, 6.07) is 0. The average Bonchev–Trinajstić information content (AvgIpc) is 2.94. The molecule has 0 nitrogen and oxygen atoms in total. The number of halogens is 2. The van der Waals surface area contributed by atoms with E-state index in [9.17, 15) is 8.78 Å². The second kappa shape index (κ2) is 8.21. The topological polar surface area (TPSA) is 0 Å². The summed E-state index contributed by atoms with van der Waals surface area (Å²) in [6.07, 6.45) is 10.9. The maximum absolute atomic E-state index is 13.0. The molecule has 0 aromatic rings. The van der Waals surface area contributed by atoms with Gasteiger partial charge in [-0.25, -0.2) is 8.78 Å². The van der Waals surface area contributed by atoms with Crippen molar-refractivity contribution in [3.05, 3.63) is 35.5 Å². The molecule has 0 saturated heterocycles. The van der Waals surface area contributed by atoms with E-state index in [-0.39, 0.29) is 17.8 Å². The van der Waals surface area contributed by atoms with Crippen molar-refractivity contribution in [2.45, 2.75) is 85.5 Å². The highest BCUT2D eigenvalue weighted by atomic mass is 19.3. The Morgan fingerprint density at radius 2 is 1.81 bits per heavy atom. The Balaban J connectivity index is 1.76. The van der Waals surface area contributed by atoms with Crippen molar-refractivity contribution in [1.82, 2.24) is 0 Å². The zero-order valence-corrected chi connectivity index (χ0v) is 17.7. The number of hydrogen-bond donors (Lipinski definition) is 0. The van der Waals surface area contributed by atoms with Crippen LogP contribution < -0.4 is 0 Å². The Labute approximate surface area is 165 Å². The third kappa shape index (κ3) is 4.25. The monoisotopic (exact) mass is 376 g/mol. The summed E-state index contributed by atoms with van der Waals surface area (Å²) in [6.45, 7) is 13.3. The van der Waals surface area contributed by atoms with Crippen LogP contribution in [0.1, 0.15) is 79.1 Å². The van der Waals surface area contributed by atoms with Gasteiger partial charge < -0.3 is 0 Å². The molecule has 152 valence electrons. The molecular weight excluding hydrogens is 338 g/mol. The zero-order valence-electron chi connectivity index (χ0n) is 17.7. The van der Waals surface area contributed by atoms with Gasteiger partial charge in [-0.3, -0.25) is 0 Å². The fraction of sp³-hybridized carbons (Fsp3) is 0.760. The molecule has 0 bridgehead atoms. The third-order valence-electron chi connectivity index (χ3n) is 8.21. The lowest BCUT2D eigenvalue weighted by atomic mass is 9.61. The van der Waals surface area contributed by atoms with Crippen LogP contribution in [-0.4, -0.2) is 6.43 Å². The standard InChI is InChI=1S/C25H38F2/c1-16-13-20(14-17(2)19(16)4)8-9-21-7-6-12-25(5)22(10-11-23(21)25)18(3)15-24(26)27/h8-9,16-18,22-24H,4,6-7,10-15H2,1-3,5H3/b21-9+/t16-,17-,18-,22-,23+,25-/m1/s1. The Morgan fingerprint density at radius 3 is 2.44 bits per heavy atom. The predicted octanol–water partition coefficient (Wildman–Crippen LogP) is 7.97. The highest BCUT2D eigenvalue weighted by molar-refractivity contribution is 5.28. The lowest BCUT2D eigenvalue weighted by Crippen LogP contribution is -2.36. The van der Waals surface area contributed by atoms with Crippen molar-refractivity contribution >= 4 is 0 Å². The number of fused-ring (bicyclic) bond motifs is 1. The van der Waals surface area contributed by atoms with E-state index >= 15 is 0 Å². The third-order valence-corrected chi connectivity index (χ3v) is 8.21. The molecule has 3 rings (SSSR count). The van der Waals surface area contributed by atoms with Crippen LogP contribution in [0, 0.1) is 35.0 Å². The summed E-state index contributed by atoms with van der Waals surface area (Å²) >= 11 is 0. The van der Waals surface area contributed by atoms with Crippen LogP contribution in [0.4, 0.5) is 8.78 Å². The fourth-order valence-electron chi connectivity index (χ4n) is 6.64. The van der Waals surface area contributed by atoms with Crippen molar-refractivity contribution in [1.29, 1.82) is 0 Å². The van der Waals surface area contributed by atoms with Crippen LogP contribution in [0.5, 0.6) is 0 Å². The van der Waals surface area contributed by atoms with Gasteiger partial charge in [-0.2, -0.15) is 0 Å². The molecule has 0 unspecified atom stereocenters. The summed E-state index contributed by atoms with van der Waals surface area (Å²) in [5, 5.41) is 0. The maximum atomic E-state index is 13.0. The Morgan fingerprint density at radius 1 is 1.15 bits per heavy atom. The quantitative estimate of drug-likeness (QED) is 0.436. The first-order valence-corrected chi connectivity index (χ1v) is 11.1. The SMILES string of the molecule is C=C1[C@H](C)CC(=C/C=C2\CCC[C@]3(C)[C@@H]([C@H](C)CC(F)F)CC[C@@H]23)C[C@H]1C. The summed E-state index contributed by atoms with van der Waals surface area (Å²) in [5.41, 5.74) is 4.77. The molecule has 3 fully saturated rings. The first kappa shape index (κ1) is 20.8. The zero-order chi connectivity index (χ0) is 19.8. The summed E-state index contributed by atoms with van der Waals surface area (Å²) < 4.78 is 25.9. The number of rotatable bonds is 4. The minimum atomic E-state index is -2.17. The molecule has 0 aromatic carbocycles. The van der Waals surface area contributed by atoms with Gasteiger partial charge in [-0.15, -0.1) is 0 Å². The second-order valence-corrected chi connectivity index (χ2v) is 10.1. The van der Waals surface area contributed by atoms with E-state index in [4.69, 9.17) is 0 Å². The molecule has 6 atom stereocenters.